The van der Waals surface area contributed by atoms with E-state index in [0.717, 1.165) is 37.0 Å². The fraction of sp³-hybridized carbons (Fsp3) is 0.636. The molecule has 2 unspecified atom stereocenters. The Hall–Kier alpha value is 0.480. The quantitative estimate of drug-likeness (QED) is 0.819. The Labute approximate surface area is 132 Å². The van der Waals surface area contributed by atoms with Gasteiger partial charge in [0.25, 0.3) is 0 Å². The largest absolute Gasteiger partial charge is 0.242 e. The van der Waals surface area contributed by atoms with E-state index in [1.54, 1.807) is 0 Å². The molecular formula is C11H14Cl3NO2S2. The molecule has 1 aromatic rings. The van der Waals surface area contributed by atoms with Crippen LogP contribution in [0.4, 0.5) is 0 Å². The lowest BCUT2D eigenvalue weighted by Crippen LogP contribution is -2.34. The SMILES string of the molecule is O=S(=O)(NCC1CCCCC1Cl)c1cc(Cl)sc1Cl. The van der Waals surface area contributed by atoms with Gasteiger partial charge in [-0.3, -0.25) is 0 Å². The van der Waals surface area contributed by atoms with Gasteiger partial charge in [-0.25, -0.2) is 13.1 Å². The molecular weight excluding hydrogens is 349 g/mol. The molecule has 1 heterocycles. The summed E-state index contributed by atoms with van der Waals surface area (Å²) in [5.41, 5.74) is 0. The molecule has 1 fully saturated rings. The number of alkyl halides is 1. The van der Waals surface area contributed by atoms with E-state index in [-0.39, 0.29) is 20.5 Å². The molecule has 2 rings (SSSR count). The average Bonchev–Trinajstić information content (AvgIpc) is 2.68. The van der Waals surface area contributed by atoms with E-state index in [9.17, 15) is 8.42 Å². The molecule has 19 heavy (non-hydrogen) atoms. The van der Waals surface area contributed by atoms with Crippen LogP contribution in [0.3, 0.4) is 0 Å². The summed E-state index contributed by atoms with van der Waals surface area (Å²) in [4.78, 5) is 0.0473. The van der Waals surface area contributed by atoms with Crippen LogP contribution < -0.4 is 4.72 Å². The van der Waals surface area contributed by atoms with Gasteiger partial charge in [-0.05, 0) is 24.8 Å². The van der Waals surface area contributed by atoms with Crippen LogP contribution in [0.1, 0.15) is 25.7 Å². The Kier molecular flexibility index (Phi) is 5.42. The number of sulfonamides is 1. The van der Waals surface area contributed by atoms with Crippen LogP contribution in [-0.4, -0.2) is 20.3 Å². The topological polar surface area (TPSA) is 46.2 Å². The van der Waals surface area contributed by atoms with Crippen molar-refractivity contribution in [2.45, 2.75) is 36.0 Å². The van der Waals surface area contributed by atoms with Gasteiger partial charge in [-0.1, -0.05) is 36.0 Å². The molecule has 0 spiro atoms. The van der Waals surface area contributed by atoms with Crippen LogP contribution in [0.15, 0.2) is 11.0 Å². The summed E-state index contributed by atoms with van der Waals surface area (Å²) < 4.78 is 27.4. The van der Waals surface area contributed by atoms with Crippen molar-refractivity contribution in [1.82, 2.24) is 4.72 Å². The van der Waals surface area contributed by atoms with Crippen LogP contribution in [-0.2, 0) is 10.0 Å². The number of rotatable bonds is 4. The molecule has 108 valence electrons. The van der Waals surface area contributed by atoms with Crippen molar-refractivity contribution in [2.75, 3.05) is 6.54 Å². The maximum absolute atomic E-state index is 12.1. The third kappa shape index (κ3) is 3.99. The van der Waals surface area contributed by atoms with Gasteiger partial charge in [0.15, 0.2) is 0 Å². The molecule has 1 saturated carbocycles. The molecule has 1 aliphatic carbocycles. The van der Waals surface area contributed by atoms with Crippen molar-refractivity contribution in [1.29, 1.82) is 0 Å². The first-order valence-electron chi connectivity index (χ1n) is 5.98. The molecule has 2 atom stereocenters. The van der Waals surface area contributed by atoms with E-state index in [2.05, 4.69) is 4.72 Å². The molecule has 0 saturated heterocycles. The summed E-state index contributed by atoms with van der Waals surface area (Å²) in [5.74, 6) is 0.179. The molecule has 0 amide bonds. The monoisotopic (exact) mass is 361 g/mol. The van der Waals surface area contributed by atoms with E-state index in [0.29, 0.717) is 10.9 Å². The molecule has 1 aliphatic rings. The molecule has 0 aliphatic heterocycles. The Morgan fingerprint density at radius 1 is 1.32 bits per heavy atom. The van der Waals surface area contributed by atoms with Crippen molar-refractivity contribution in [3.8, 4) is 0 Å². The number of nitrogens with one attached hydrogen (secondary N) is 1. The fourth-order valence-electron chi connectivity index (χ4n) is 2.20. The van der Waals surface area contributed by atoms with E-state index in [4.69, 9.17) is 34.8 Å². The van der Waals surface area contributed by atoms with E-state index < -0.39 is 10.0 Å². The second kappa shape index (κ2) is 6.50. The standard InChI is InChI=1S/C11H14Cl3NO2S2/c12-8-4-2-1-3-7(8)6-15-19(16,17)9-5-10(13)18-11(9)14/h5,7-8,15H,1-4,6H2. The Morgan fingerprint density at radius 3 is 2.58 bits per heavy atom. The summed E-state index contributed by atoms with van der Waals surface area (Å²) in [6.07, 6.45) is 4.11. The fourth-order valence-corrected chi connectivity index (χ4v) is 5.81. The third-order valence-corrected chi connectivity index (χ3v) is 7.02. The maximum Gasteiger partial charge on any atom is 0.242 e. The minimum absolute atomic E-state index is 0.0398. The summed E-state index contributed by atoms with van der Waals surface area (Å²) in [6.45, 7) is 0.348. The van der Waals surface area contributed by atoms with Gasteiger partial charge in [0.1, 0.15) is 9.23 Å². The lowest BCUT2D eigenvalue weighted by molar-refractivity contribution is 0.364. The Bertz CT molecular complexity index is 544. The van der Waals surface area contributed by atoms with Crippen LogP contribution in [0, 0.1) is 5.92 Å². The van der Waals surface area contributed by atoms with Crippen molar-refractivity contribution < 1.29 is 8.42 Å². The first-order valence-corrected chi connectivity index (χ1v) is 9.48. The van der Waals surface area contributed by atoms with Gasteiger partial charge in [-0.15, -0.1) is 22.9 Å². The number of hydrogen-bond acceptors (Lipinski definition) is 3. The highest BCUT2D eigenvalue weighted by Crippen LogP contribution is 2.34. The minimum Gasteiger partial charge on any atom is -0.211 e. The molecule has 1 N–H and O–H groups in total. The highest BCUT2D eigenvalue weighted by Gasteiger charge is 2.26. The highest BCUT2D eigenvalue weighted by molar-refractivity contribution is 7.89. The molecule has 0 radical (unpaired) electrons. The predicted molar refractivity (Wildman–Crippen MR) is 81.1 cm³/mol. The zero-order chi connectivity index (χ0) is 14.0. The van der Waals surface area contributed by atoms with Crippen molar-refractivity contribution in [3.63, 3.8) is 0 Å². The number of thiophene rings is 1. The number of halogens is 3. The Balaban J connectivity index is 2.03. The second-order valence-corrected chi connectivity index (χ2v) is 9.18. The number of hydrogen-bond donors (Lipinski definition) is 1. The van der Waals surface area contributed by atoms with Gasteiger partial charge < -0.3 is 0 Å². The van der Waals surface area contributed by atoms with Crippen LogP contribution >= 0.6 is 46.1 Å². The summed E-state index contributed by atoms with van der Waals surface area (Å²) in [5, 5.41) is 0.0398. The van der Waals surface area contributed by atoms with Gasteiger partial charge in [0.05, 0.1) is 4.34 Å². The first-order chi connectivity index (χ1) is 8.90. The average molecular weight is 363 g/mol. The maximum atomic E-state index is 12.1. The van der Waals surface area contributed by atoms with Crippen molar-refractivity contribution in [2.24, 2.45) is 5.92 Å². The third-order valence-electron chi connectivity index (χ3n) is 3.27. The molecule has 0 aromatic carbocycles. The minimum atomic E-state index is -3.61. The van der Waals surface area contributed by atoms with E-state index in [1.807, 2.05) is 0 Å². The summed E-state index contributed by atoms with van der Waals surface area (Å²) in [7, 11) is -3.61. The normalized spacial score (nSPS) is 24.6. The van der Waals surface area contributed by atoms with Crippen molar-refractivity contribution in [3.05, 3.63) is 14.7 Å². The Morgan fingerprint density at radius 2 is 2.00 bits per heavy atom. The van der Waals surface area contributed by atoms with E-state index >= 15 is 0 Å². The van der Waals surface area contributed by atoms with Crippen LogP contribution in [0.2, 0.25) is 8.67 Å². The molecule has 0 bridgehead atoms. The molecule has 8 heteroatoms. The first kappa shape index (κ1) is 15.9. The van der Waals surface area contributed by atoms with Gasteiger partial charge in [0, 0.05) is 11.9 Å². The second-order valence-electron chi connectivity index (χ2n) is 4.60. The zero-order valence-electron chi connectivity index (χ0n) is 10.0. The molecule has 1 aromatic heterocycles. The highest BCUT2D eigenvalue weighted by atomic mass is 35.5. The van der Waals surface area contributed by atoms with Crippen LogP contribution in [0.25, 0.3) is 0 Å². The van der Waals surface area contributed by atoms with E-state index in [1.165, 1.54) is 6.07 Å². The predicted octanol–water partition coefficient (Wildman–Crippen LogP) is 4.13. The smallest absolute Gasteiger partial charge is 0.211 e. The van der Waals surface area contributed by atoms with Crippen molar-refractivity contribution >= 4 is 56.2 Å². The summed E-state index contributed by atoms with van der Waals surface area (Å²) in [6, 6.07) is 1.37. The van der Waals surface area contributed by atoms with Gasteiger partial charge in [0.2, 0.25) is 10.0 Å². The lowest BCUT2D eigenvalue weighted by Gasteiger charge is -2.26. The summed E-state index contributed by atoms with van der Waals surface area (Å²) >= 11 is 18.9. The van der Waals surface area contributed by atoms with Crippen LogP contribution in [0.5, 0.6) is 0 Å². The van der Waals surface area contributed by atoms with Gasteiger partial charge in [-0.2, -0.15) is 0 Å². The van der Waals surface area contributed by atoms with Gasteiger partial charge >= 0.3 is 0 Å². The lowest BCUT2D eigenvalue weighted by atomic mass is 9.89. The molecule has 3 nitrogen and oxygen atoms in total. The zero-order valence-corrected chi connectivity index (χ0v) is 13.9.